The van der Waals surface area contributed by atoms with Crippen LogP contribution in [0.1, 0.15) is 0 Å². The van der Waals surface area contributed by atoms with Gasteiger partial charge in [0.15, 0.2) is 6.23 Å². The third-order valence-electron chi connectivity index (χ3n) is 4.74. The Morgan fingerprint density at radius 2 is 2.19 bits per heavy atom. The van der Waals surface area contributed by atoms with Gasteiger partial charge < -0.3 is 35.1 Å². The summed E-state index contributed by atoms with van der Waals surface area (Å²) in [5.41, 5.74) is 5.25. The number of nitrogens with one attached hydrogen (secondary N) is 2. The zero-order chi connectivity index (χ0) is 23.2. The van der Waals surface area contributed by atoms with Gasteiger partial charge in [0, 0.05) is 27.0 Å². The summed E-state index contributed by atoms with van der Waals surface area (Å²) in [6, 6.07) is 0. The predicted molar refractivity (Wildman–Crippen MR) is 105 cm³/mol. The molecule has 0 radical (unpaired) electrons. The summed E-state index contributed by atoms with van der Waals surface area (Å²) in [4.78, 5) is 24.6. The molecule has 2 heterocycles. The monoisotopic (exact) mass is 462 g/mol. The largest absolute Gasteiger partial charge is 0.393 e. The zero-order valence-electron chi connectivity index (χ0n) is 17.4. The van der Waals surface area contributed by atoms with Crippen molar-refractivity contribution in [3.8, 4) is 11.8 Å². The molecule has 0 aromatic rings. The molecule has 6 N–H and O–H groups in total. The van der Waals surface area contributed by atoms with E-state index in [1.807, 2.05) is 0 Å². The first kappa shape index (κ1) is 25.3. The van der Waals surface area contributed by atoms with Crippen LogP contribution >= 0.6 is 7.60 Å². The number of aliphatic hydroxyl groups excluding tert-OH is 1. The normalized spacial score (nSPS) is 29.0. The number of nitrogens with two attached hydrogens (primary N) is 1. The van der Waals surface area contributed by atoms with Gasteiger partial charge in [0.2, 0.25) is 5.91 Å². The van der Waals surface area contributed by atoms with Crippen LogP contribution in [0.5, 0.6) is 0 Å². The van der Waals surface area contributed by atoms with E-state index in [2.05, 4.69) is 17.2 Å². The number of fused-ring (bicyclic) bond motifs is 2. The highest BCUT2D eigenvalue weighted by Crippen LogP contribution is 2.52. The molecule has 2 bridgehead atoms. The van der Waals surface area contributed by atoms with Crippen LogP contribution in [0, 0.1) is 11.8 Å². The van der Waals surface area contributed by atoms with E-state index in [1.54, 1.807) is 7.05 Å². The molecule has 2 saturated heterocycles. The smallest absolute Gasteiger partial charge is 0.327 e. The van der Waals surface area contributed by atoms with Crippen LogP contribution in [0.25, 0.3) is 0 Å². The van der Waals surface area contributed by atoms with E-state index in [9.17, 15) is 19.3 Å². The maximum Gasteiger partial charge on any atom is 0.327 e. The number of amides is 2. The second kappa shape index (κ2) is 10.5. The number of hydrogen-bond donors (Lipinski definition) is 5. The van der Waals surface area contributed by atoms with Crippen LogP contribution in [-0.4, -0.2) is 98.2 Å². The van der Waals surface area contributed by atoms with Crippen molar-refractivity contribution < 1.29 is 43.0 Å². The maximum atomic E-state index is 12.3. The van der Waals surface area contributed by atoms with Crippen molar-refractivity contribution in [2.45, 2.75) is 24.0 Å². The lowest BCUT2D eigenvalue weighted by Gasteiger charge is -2.33. The van der Waals surface area contributed by atoms with Gasteiger partial charge in [-0.05, 0) is 0 Å². The lowest BCUT2D eigenvalue weighted by molar-refractivity contribution is -0.193. The summed E-state index contributed by atoms with van der Waals surface area (Å²) >= 11 is 0. The number of carbonyl (C=O) groups is 2. The summed E-state index contributed by atoms with van der Waals surface area (Å²) in [7, 11) is -0.617. The highest BCUT2D eigenvalue weighted by Gasteiger charge is 2.64. The molecule has 2 fully saturated rings. The first-order valence-electron chi connectivity index (χ1n) is 9.18. The fourth-order valence-corrected chi connectivity index (χ4v) is 3.89. The molecule has 0 aromatic carbocycles. The fraction of sp³-hybridized carbons (Fsp3) is 0.647. The van der Waals surface area contributed by atoms with Crippen LogP contribution in [0.4, 0.5) is 0 Å². The van der Waals surface area contributed by atoms with Gasteiger partial charge in [0.1, 0.15) is 23.4 Å². The van der Waals surface area contributed by atoms with Crippen molar-refractivity contribution in [3.05, 3.63) is 11.8 Å². The van der Waals surface area contributed by atoms with Crippen molar-refractivity contribution in [3.63, 3.8) is 0 Å². The number of carbonyl (C=O) groups excluding carboxylic acids is 2. The molecule has 0 saturated carbocycles. The van der Waals surface area contributed by atoms with Gasteiger partial charge >= 0.3 is 7.60 Å². The standard InChI is InChI=1S/C17H27N4O9P/c1-21(8-11(15(24)20-25)5-4-6-19-12(23)7-18)16-13-14(30-31(3,26)27-2)17(9-22,29-16)10-28-13/h8,13-14,16,22,25H,6-7,9-10,18H2,1-3H3,(H,19,23)(H,20,24). The second-order valence-corrected chi connectivity index (χ2v) is 9.04. The highest BCUT2D eigenvalue weighted by atomic mass is 31.2. The number of rotatable bonds is 9. The van der Waals surface area contributed by atoms with Gasteiger partial charge in [0.05, 0.1) is 26.3 Å². The van der Waals surface area contributed by atoms with Crippen molar-refractivity contribution in [1.29, 1.82) is 0 Å². The Labute approximate surface area is 179 Å². The van der Waals surface area contributed by atoms with E-state index < -0.39 is 50.1 Å². The molecule has 2 aliphatic rings. The van der Waals surface area contributed by atoms with Gasteiger partial charge in [-0.3, -0.25) is 23.9 Å². The number of ether oxygens (including phenoxy) is 2. The summed E-state index contributed by atoms with van der Waals surface area (Å²) in [6.07, 6.45) is -1.18. The molecule has 5 atom stereocenters. The lowest BCUT2D eigenvalue weighted by Crippen LogP contribution is -2.47. The molecule has 2 amide bonds. The Morgan fingerprint density at radius 3 is 2.77 bits per heavy atom. The van der Waals surface area contributed by atoms with Crippen molar-refractivity contribution in [2.24, 2.45) is 5.73 Å². The van der Waals surface area contributed by atoms with E-state index in [0.29, 0.717) is 0 Å². The predicted octanol–water partition coefficient (Wildman–Crippen LogP) is -2.27. The number of likely N-dealkylation sites (N-methyl/N-ethyl adjacent to an activating group) is 1. The van der Waals surface area contributed by atoms with Crippen LogP contribution in [0.3, 0.4) is 0 Å². The van der Waals surface area contributed by atoms with E-state index in [-0.39, 0.29) is 25.3 Å². The third kappa shape index (κ3) is 5.82. The van der Waals surface area contributed by atoms with E-state index in [4.69, 9.17) is 29.5 Å². The molecular weight excluding hydrogens is 435 g/mol. The molecule has 14 heteroatoms. The molecule has 31 heavy (non-hydrogen) atoms. The fourth-order valence-electron chi connectivity index (χ4n) is 3.08. The van der Waals surface area contributed by atoms with Gasteiger partial charge in [-0.15, -0.1) is 0 Å². The Bertz CT molecular complexity index is 826. The van der Waals surface area contributed by atoms with Crippen LogP contribution < -0.4 is 16.5 Å². The highest BCUT2D eigenvalue weighted by molar-refractivity contribution is 7.52. The Balaban J connectivity index is 2.21. The molecule has 0 spiro atoms. The summed E-state index contributed by atoms with van der Waals surface area (Å²) in [6.45, 7) is 0.580. The van der Waals surface area contributed by atoms with Crippen molar-refractivity contribution >= 4 is 19.4 Å². The molecule has 13 nitrogen and oxygen atoms in total. The average molecular weight is 462 g/mol. The van der Waals surface area contributed by atoms with Gasteiger partial charge in [-0.2, -0.15) is 0 Å². The van der Waals surface area contributed by atoms with E-state index in [0.717, 1.165) is 0 Å². The SMILES string of the molecule is COP(C)(=O)OC1C2OCC1(CO)OC2N(C)C=C(C#CCNC(=O)CN)C(=O)NO. The lowest BCUT2D eigenvalue weighted by atomic mass is 10.0. The molecular formula is C17H27N4O9P. The van der Waals surface area contributed by atoms with Crippen LogP contribution in [0.2, 0.25) is 0 Å². The van der Waals surface area contributed by atoms with Gasteiger partial charge in [0.25, 0.3) is 5.91 Å². The first-order chi connectivity index (χ1) is 14.6. The minimum absolute atomic E-state index is 0.0151. The average Bonchev–Trinajstić information content (AvgIpc) is 3.26. The third-order valence-corrected chi connectivity index (χ3v) is 6.01. The summed E-state index contributed by atoms with van der Waals surface area (Å²) in [5.74, 6) is 3.79. The van der Waals surface area contributed by atoms with E-state index in [1.165, 1.54) is 30.4 Å². The molecule has 0 aromatic heterocycles. The topological polar surface area (TPSA) is 182 Å². The Hall–Kier alpha value is -2.01. The quantitative estimate of drug-likeness (QED) is 0.0819. The van der Waals surface area contributed by atoms with Gasteiger partial charge in [-0.1, -0.05) is 11.8 Å². The number of nitrogens with zero attached hydrogens (tertiary/aromatic N) is 1. The minimum atomic E-state index is -3.42. The molecule has 2 aliphatic heterocycles. The zero-order valence-corrected chi connectivity index (χ0v) is 18.3. The number of hydrogen-bond acceptors (Lipinski definition) is 11. The molecule has 174 valence electrons. The summed E-state index contributed by atoms with van der Waals surface area (Å²) in [5, 5.41) is 21.3. The van der Waals surface area contributed by atoms with Crippen molar-refractivity contribution in [1.82, 2.24) is 15.7 Å². The Morgan fingerprint density at radius 1 is 1.48 bits per heavy atom. The van der Waals surface area contributed by atoms with Crippen molar-refractivity contribution in [2.75, 3.05) is 47.1 Å². The number of hydroxylamine groups is 1. The number of aliphatic hydroxyl groups is 1. The minimum Gasteiger partial charge on any atom is -0.393 e. The molecule has 0 aliphatic carbocycles. The van der Waals surface area contributed by atoms with Crippen LogP contribution in [0.15, 0.2) is 11.8 Å². The second-order valence-electron chi connectivity index (χ2n) is 6.92. The molecule has 2 rings (SSSR count). The van der Waals surface area contributed by atoms with Crippen LogP contribution in [-0.2, 0) is 32.7 Å². The maximum absolute atomic E-state index is 12.3. The van der Waals surface area contributed by atoms with Gasteiger partial charge in [-0.25, -0.2) is 5.48 Å². The molecule has 5 unspecified atom stereocenters. The first-order valence-corrected chi connectivity index (χ1v) is 11.2. The Kier molecular flexibility index (Phi) is 8.58. The summed E-state index contributed by atoms with van der Waals surface area (Å²) < 4.78 is 34.4. The van der Waals surface area contributed by atoms with E-state index >= 15 is 0 Å².